The van der Waals surface area contributed by atoms with Crippen molar-refractivity contribution in [3.8, 4) is 0 Å². The lowest BCUT2D eigenvalue weighted by atomic mass is 9.91. The van der Waals surface area contributed by atoms with Crippen LogP contribution in [0.1, 0.15) is 39.2 Å². The third-order valence-corrected chi connectivity index (χ3v) is 4.68. The van der Waals surface area contributed by atoms with Gasteiger partial charge in [0.1, 0.15) is 5.54 Å². The van der Waals surface area contributed by atoms with E-state index in [2.05, 4.69) is 24.1 Å². The molecular weight excluding hydrogens is 274 g/mol. The van der Waals surface area contributed by atoms with E-state index in [1.165, 1.54) is 19.4 Å². The second kappa shape index (κ2) is 7.25. The van der Waals surface area contributed by atoms with Crippen LogP contribution in [0.2, 0.25) is 0 Å². The van der Waals surface area contributed by atoms with Crippen LogP contribution in [0.3, 0.4) is 0 Å². The Morgan fingerprint density at radius 2 is 2.09 bits per heavy atom. The van der Waals surface area contributed by atoms with Crippen LogP contribution >= 0.6 is 0 Å². The molecule has 1 aromatic carbocycles. The highest BCUT2D eigenvalue weighted by Crippen LogP contribution is 2.20. The fourth-order valence-electron chi connectivity index (χ4n) is 3.07. The third-order valence-electron chi connectivity index (χ3n) is 4.68. The molecule has 1 aromatic rings. The maximum absolute atomic E-state index is 12.5. The molecule has 4 nitrogen and oxygen atoms in total. The molecule has 1 heterocycles. The smallest absolute Gasteiger partial charge is 0.244 e. The molecule has 1 saturated heterocycles. The molecule has 0 spiro atoms. The van der Waals surface area contributed by atoms with E-state index in [4.69, 9.17) is 5.73 Å². The van der Waals surface area contributed by atoms with E-state index < -0.39 is 5.54 Å². The van der Waals surface area contributed by atoms with E-state index in [9.17, 15) is 4.79 Å². The molecule has 0 aliphatic carbocycles. The van der Waals surface area contributed by atoms with Crippen molar-refractivity contribution in [2.24, 2.45) is 11.7 Å². The van der Waals surface area contributed by atoms with Crippen LogP contribution in [0.15, 0.2) is 30.3 Å². The summed E-state index contributed by atoms with van der Waals surface area (Å²) in [6.45, 7) is 9.17. The van der Waals surface area contributed by atoms with Crippen molar-refractivity contribution in [1.82, 2.24) is 10.2 Å². The molecule has 1 aliphatic heterocycles. The SMILES string of the molecule is CC(C)N1CCCC(CNC(=O)C(C)(N)c2ccccc2)C1. The maximum atomic E-state index is 12.5. The molecule has 22 heavy (non-hydrogen) atoms. The predicted molar refractivity (Wildman–Crippen MR) is 90.4 cm³/mol. The first-order chi connectivity index (χ1) is 10.4. The number of nitrogens with zero attached hydrogens (tertiary/aromatic N) is 1. The van der Waals surface area contributed by atoms with Gasteiger partial charge in [0.15, 0.2) is 0 Å². The Kier molecular flexibility index (Phi) is 5.59. The van der Waals surface area contributed by atoms with Crippen molar-refractivity contribution < 1.29 is 4.79 Å². The Bertz CT molecular complexity index is 484. The van der Waals surface area contributed by atoms with Gasteiger partial charge >= 0.3 is 0 Å². The summed E-state index contributed by atoms with van der Waals surface area (Å²) >= 11 is 0. The number of rotatable bonds is 5. The molecule has 1 amide bonds. The number of nitrogens with one attached hydrogen (secondary N) is 1. The van der Waals surface area contributed by atoms with Crippen molar-refractivity contribution in [3.05, 3.63) is 35.9 Å². The highest BCUT2D eigenvalue weighted by atomic mass is 16.2. The lowest BCUT2D eigenvalue weighted by Crippen LogP contribution is -2.51. The van der Waals surface area contributed by atoms with E-state index in [0.29, 0.717) is 18.5 Å². The summed E-state index contributed by atoms with van der Waals surface area (Å²) in [6, 6.07) is 10.1. The molecule has 2 unspecified atom stereocenters. The summed E-state index contributed by atoms with van der Waals surface area (Å²) in [4.78, 5) is 15.0. The molecule has 0 aromatic heterocycles. The Morgan fingerprint density at radius 3 is 2.73 bits per heavy atom. The first-order valence-corrected chi connectivity index (χ1v) is 8.28. The summed E-state index contributed by atoms with van der Waals surface area (Å²) in [5.41, 5.74) is 6.12. The van der Waals surface area contributed by atoms with E-state index >= 15 is 0 Å². The minimum absolute atomic E-state index is 0.0969. The van der Waals surface area contributed by atoms with Crippen LogP contribution in [0, 0.1) is 5.92 Å². The molecule has 2 atom stereocenters. The summed E-state index contributed by atoms with van der Waals surface area (Å²) in [6.07, 6.45) is 2.38. The van der Waals surface area contributed by atoms with Gasteiger partial charge in [-0.3, -0.25) is 4.79 Å². The Balaban J connectivity index is 1.89. The van der Waals surface area contributed by atoms with Gasteiger partial charge in [0.2, 0.25) is 5.91 Å². The number of benzene rings is 1. The number of carbonyl (C=O) groups excluding carboxylic acids is 1. The molecule has 1 fully saturated rings. The Labute approximate surface area is 134 Å². The second-order valence-electron chi connectivity index (χ2n) is 6.88. The van der Waals surface area contributed by atoms with Crippen molar-refractivity contribution >= 4 is 5.91 Å². The van der Waals surface area contributed by atoms with Gasteiger partial charge in [0.25, 0.3) is 0 Å². The predicted octanol–water partition coefficient (Wildman–Crippen LogP) is 2.10. The quantitative estimate of drug-likeness (QED) is 0.876. The van der Waals surface area contributed by atoms with Gasteiger partial charge in [-0.2, -0.15) is 0 Å². The summed E-state index contributed by atoms with van der Waals surface area (Å²) in [7, 11) is 0. The number of nitrogens with two attached hydrogens (primary N) is 1. The minimum Gasteiger partial charge on any atom is -0.354 e. The van der Waals surface area contributed by atoms with Crippen molar-refractivity contribution in [2.75, 3.05) is 19.6 Å². The van der Waals surface area contributed by atoms with Crippen molar-refractivity contribution in [2.45, 2.75) is 45.2 Å². The zero-order valence-electron chi connectivity index (χ0n) is 14.0. The Hall–Kier alpha value is -1.39. The van der Waals surface area contributed by atoms with E-state index in [1.807, 2.05) is 30.3 Å². The van der Waals surface area contributed by atoms with E-state index in [-0.39, 0.29) is 5.91 Å². The van der Waals surface area contributed by atoms with Crippen LogP contribution in [0.25, 0.3) is 0 Å². The number of hydrogen-bond donors (Lipinski definition) is 2. The molecule has 0 radical (unpaired) electrons. The van der Waals surface area contributed by atoms with Crippen LogP contribution in [0.5, 0.6) is 0 Å². The zero-order valence-corrected chi connectivity index (χ0v) is 14.0. The van der Waals surface area contributed by atoms with Gasteiger partial charge in [-0.25, -0.2) is 0 Å². The summed E-state index contributed by atoms with van der Waals surface area (Å²) in [5.74, 6) is 0.423. The molecular formula is C18H29N3O. The number of amides is 1. The standard InChI is InChI=1S/C18H29N3O/c1-14(2)21-11-7-8-15(13-21)12-20-17(22)18(3,19)16-9-5-4-6-10-16/h4-6,9-10,14-15H,7-8,11-13,19H2,1-3H3,(H,20,22). The largest absolute Gasteiger partial charge is 0.354 e. The lowest BCUT2D eigenvalue weighted by Gasteiger charge is -2.36. The normalized spacial score (nSPS) is 22.3. The van der Waals surface area contributed by atoms with E-state index in [1.54, 1.807) is 6.92 Å². The van der Waals surface area contributed by atoms with Crippen LogP contribution in [0.4, 0.5) is 0 Å². The van der Waals surface area contributed by atoms with Crippen LogP contribution < -0.4 is 11.1 Å². The van der Waals surface area contributed by atoms with Gasteiger partial charge < -0.3 is 16.0 Å². The molecule has 0 saturated carbocycles. The van der Waals surface area contributed by atoms with Gasteiger partial charge in [-0.15, -0.1) is 0 Å². The Morgan fingerprint density at radius 1 is 1.41 bits per heavy atom. The third kappa shape index (κ3) is 4.08. The molecule has 3 N–H and O–H groups in total. The maximum Gasteiger partial charge on any atom is 0.244 e. The molecule has 0 bridgehead atoms. The van der Waals surface area contributed by atoms with Gasteiger partial charge in [-0.1, -0.05) is 30.3 Å². The fourth-order valence-corrected chi connectivity index (χ4v) is 3.07. The van der Waals surface area contributed by atoms with Crippen molar-refractivity contribution in [3.63, 3.8) is 0 Å². The highest BCUT2D eigenvalue weighted by molar-refractivity contribution is 5.86. The number of carbonyl (C=O) groups is 1. The monoisotopic (exact) mass is 303 g/mol. The molecule has 122 valence electrons. The van der Waals surface area contributed by atoms with E-state index in [0.717, 1.165) is 12.1 Å². The first-order valence-electron chi connectivity index (χ1n) is 8.28. The van der Waals surface area contributed by atoms with Gasteiger partial charge in [0.05, 0.1) is 0 Å². The highest BCUT2D eigenvalue weighted by Gasteiger charge is 2.31. The first kappa shape index (κ1) is 17.0. The van der Waals surface area contributed by atoms with Gasteiger partial charge in [0, 0.05) is 19.1 Å². The summed E-state index contributed by atoms with van der Waals surface area (Å²) in [5, 5.41) is 3.06. The average Bonchev–Trinajstić information content (AvgIpc) is 2.53. The summed E-state index contributed by atoms with van der Waals surface area (Å²) < 4.78 is 0. The number of piperidine rings is 1. The van der Waals surface area contributed by atoms with Crippen LogP contribution in [-0.2, 0) is 10.3 Å². The molecule has 1 aliphatic rings. The molecule has 2 rings (SSSR count). The number of hydrogen-bond acceptors (Lipinski definition) is 3. The van der Waals surface area contributed by atoms with Crippen LogP contribution in [-0.4, -0.2) is 36.5 Å². The second-order valence-corrected chi connectivity index (χ2v) is 6.88. The topological polar surface area (TPSA) is 58.4 Å². The minimum atomic E-state index is -0.979. The zero-order chi connectivity index (χ0) is 16.2. The average molecular weight is 303 g/mol. The van der Waals surface area contributed by atoms with Crippen molar-refractivity contribution in [1.29, 1.82) is 0 Å². The fraction of sp³-hybridized carbons (Fsp3) is 0.611. The van der Waals surface area contributed by atoms with Gasteiger partial charge in [-0.05, 0) is 51.6 Å². The number of likely N-dealkylation sites (tertiary alicyclic amines) is 1. The molecule has 4 heteroatoms. The lowest BCUT2D eigenvalue weighted by molar-refractivity contribution is -0.126.